The molecule has 3 heterocycles. The zero-order valence-electron chi connectivity index (χ0n) is 15.4. The van der Waals surface area contributed by atoms with Crippen LogP contribution in [-0.2, 0) is 0 Å². The van der Waals surface area contributed by atoms with Gasteiger partial charge in [0, 0.05) is 29.7 Å². The Balaban J connectivity index is 1.82. The average Bonchev–Trinajstić information content (AvgIpc) is 3.28. The van der Waals surface area contributed by atoms with E-state index < -0.39 is 0 Å². The minimum Gasteiger partial charge on any atom is -0.352 e. The first-order chi connectivity index (χ1) is 12.0. The molecule has 1 N–H and O–H groups in total. The zero-order chi connectivity index (χ0) is 17.7. The number of hydrogen-bond acceptors (Lipinski definition) is 2. The topological polar surface area (TPSA) is 33.1 Å². The normalized spacial score (nSPS) is 23.4. The Bertz CT molecular complexity index is 792. The lowest BCUT2D eigenvalue weighted by molar-refractivity contribution is 0.268. The maximum Gasteiger partial charge on any atom is 0.170 e. The van der Waals surface area contributed by atoms with Gasteiger partial charge in [-0.15, -0.1) is 0 Å². The summed E-state index contributed by atoms with van der Waals surface area (Å²) in [6.45, 7) is 8.91. The standard InChI is InChI=1S/C20H26N4S/c1-12(2)23-19(16-11-13(3)24(14(16)4)15-8-9-15)18(22-20(23)25)17-7-5-6-10-21-17/h5-7,10-12,15,18-19H,8-9H2,1-4H3,(H,22,25)/t18-,19+/m0/s1. The van der Waals surface area contributed by atoms with E-state index in [0.717, 1.165) is 10.8 Å². The molecule has 25 heavy (non-hydrogen) atoms. The average molecular weight is 355 g/mol. The first-order valence-corrected chi connectivity index (χ1v) is 9.58. The van der Waals surface area contributed by atoms with E-state index in [4.69, 9.17) is 12.2 Å². The molecular weight excluding hydrogens is 328 g/mol. The van der Waals surface area contributed by atoms with E-state index in [1.807, 2.05) is 12.3 Å². The van der Waals surface area contributed by atoms with E-state index in [1.165, 1.54) is 29.8 Å². The first kappa shape index (κ1) is 16.6. The van der Waals surface area contributed by atoms with Gasteiger partial charge < -0.3 is 14.8 Å². The molecular formula is C20H26N4S. The summed E-state index contributed by atoms with van der Waals surface area (Å²) in [6.07, 6.45) is 4.46. The number of pyridine rings is 1. The fourth-order valence-corrected chi connectivity index (χ4v) is 4.70. The van der Waals surface area contributed by atoms with Gasteiger partial charge in [0.2, 0.25) is 0 Å². The van der Waals surface area contributed by atoms with Gasteiger partial charge in [-0.05, 0) is 76.5 Å². The first-order valence-electron chi connectivity index (χ1n) is 9.17. The second kappa shape index (κ2) is 6.13. The van der Waals surface area contributed by atoms with Crippen LogP contribution in [0, 0.1) is 13.8 Å². The number of thiocarbonyl (C=S) groups is 1. The number of rotatable bonds is 4. The van der Waals surface area contributed by atoms with Crippen molar-refractivity contribution in [3.05, 3.63) is 53.1 Å². The Morgan fingerprint density at radius 3 is 2.60 bits per heavy atom. The fraction of sp³-hybridized carbons (Fsp3) is 0.500. The Hall–Kier alpha value is -1.88. The lowest BCUT2D eigenvalue weighted by Crippen LogP contribution is -2.35. The molecule has 5 heteroatoms. The van der Waals surface area contributed by atoms with E-state index in [1.54, 1.807) is 0 Å². The molecule has 0 aromatic carbocycles. The molecule has 0 radical (unpaired) electrons. The van der Waals surface area contributed by atoms with Gasteiger partial charge in [0.1, 0.15) is 0 Å². The highest BCUT2D eigenvalue weighted by atomic mass is 32.1. The molecule has 0 unspecified atom stereocenters. The lowest BCUT2D eigenvalue weighted by atomic mass is 9.96. The molecule has 0 spiro atoms. The zero-order valence-corrected chi connectivity index (χ0v) is 16.2. The van der Waals surface area contributed by atoms with Crippen LogP contribution in [-0.4, -0.2) is 25.6 Å². The summed E-state index contributed by atoms with van der Waals surface area (Å²) in [5, 5.41) is 4.36. The third-order valence-corrected chi connectivity index (χ3v) is 5.77. The van der Waals surface area contributed by atoms with Crippen LogP contribution >= 0.6 is 12.2 Å². The maximum atomic E-state index is 5.70. The van der Waals surface area contributed by atoms with Gasteiger partial charge in [-0.25, -0.2) is 0 Å². The smallest absolute Gasteiger partial charge is 0.170 e. The molecule has 1 aliphatic carbocycles. The van der Waals surface area contributed by atoms with E-state index in [-0.39, 0.29) is 12.1 Å². The molecule has 2 atom stereocenters. The number of hydrogen-bond donors (Lipinski definition) is 1. The van der Waals surface area contributed by atoms with Crippen LogP contribution in [0.15, 0.2) is 30.5 Å². The van der Waals surface area contributed by atoms with Crippen molar-refractivity contribution in [3.63, 3.8) is 0 Å². The number of aromatic nitrogens is 2. The van der Waals surface area contributed by atoms with Crippen molar-refractivity contribution < 1.29 is 0 Å². The Morgan fingerprint density at radius 1 is 1.24 bits per heavy atom. The van der Waals surface area contributed by atoms with Crippen LogP contribution in [0.3, 0.4) is 0 Å². The largest absolute Gasteiger partial charge is 0.352 e. The van der Waals surface area contributed by atoms with Gasteiger partial charge in [-0.1, -0.05) is 6.07 Å². The van der Waals surface area contributed by atoms with Crippen LogP contribution in [0.5, 0.6) is 0 Å². The fourth-order valence-electron chi connectivity index (χ4n) is 4.25. The Kier molecular flexibility index (Phi) is 4.07. The monoisotopic (exact) mass is 354 g/mol. The minimum atomic E-state index is 0.0873. The highest BCUT2D eigenvalue weighted by Crippen LogP contribution is 2.45. The highest BCUT2D eigenvalue weighted by Gasteiger charge is 2.43. The summed E-state index contributed by atoms with van der Waals surface area (Å²) in [7, 11) is 0. The highest BCUT2D eigenvalue weighted by molar-refractivity contribution is 7.80. The van der Waals surface area contributed by atoms with Crippen molar-refractivity contribution in [2.75, 3.05) is 0 Å². The molecule has 2 aromatic rings. The van der Waals surface area contributed by atoms with Crippen molar-refractivity contribution in [3.8, 4) is 0 Å². The lowest BCUT2D eigenvalue weighted by Gasteiger charge is -2.31. The summed E-state index contributed by atoms with van der Waals surface area (Å²) < 4.78 is 2.52. The molecule has 2 aliphatic rings. The van der Waals surface area contributed by atoms with Crippen LogP contribution in [0.2, 0.25) is 0 Å². The molecule has 0 amide bonds. The summed E-state index contributed by atoms with van der Waals surface area (Å²) in [4.78, 5) is 6.96. The number of nitrogens with one attached hydrogen (secondary N) is 1. The van der Waals surface area contributed by atoms with Crippen LogP contribution < -0.4 is 5.32 Å². The van der Waals surface area contributed by atoms with Crippen molar-refractivity contribution in [1.82, 2.24) is 19.8 Å². The molecule has 1 aliphatic heterocycles. The molecule has 4 rings (SSSR count). The van der Waals surface area contributed by atoms with Crippen LogP contribution in [0.4, 0.5) is 0 Å². The third-order valence-electron chi connectivity index (χ3n) is 5.45. The van der Waals surface area contributed by atoms with Gasteiger partial charge in [-0.3, -0.25) is 4.98 Å². The summed E-state index contributed by atoms with van der Waals surface area (Å²) in [5.41, 5.74) is 5.16. The second-order valence-electron chi connectivity index (χ2n) is 7.56. The van der Waals surface area contributed by atoms with E-state index in [9.17, 15) is 0 Å². The van der Waals surface area contributed by atoms with Crippen molar-refractivity contribution >= 4 is 17.3 Å². The van der Waals surface area contributed by atoms with E-state index in [2.05, 4.69) is 65.7 Å². The molecule has 1 saturated carbocycles. The molecule has 2 aromatic heterocycles. The van der Waals surface area contributed by atoms with Gasteiger partial charge in [0.15, 0.2) is 5.11 Å². The van der Waals surface area contributed by atoms with Crippen molar-refractivity contribution in [2.24, 2.45) is 0 Å². The molecule has 1 saturated heterocycles. The molecule has 4 nitrogen and oxygen atoms in total. The van der Waals surface area contributed by atoms with Gasteiger partial charge in [0.05, 0.1) is 17.8 Å². The molecule has 132 valence electrons. The van der Waals surface area contributed by atoms with Crippen molar-refractivity contribution in [2.45, 2.75) is 64.7 Å². The van der Waals surface area contributed by atoms with Crippen molar-refractivity contribution in [1.29, 1.82) is 0 Å². The Labute approximate surface area is 155 Å². The number of nitrogens with zero attached hydrogens (tertiary/aromatic N) is 3. The summed E-state index contributed by atoms with van der Waals surface area (Å²) in [5.74, 6) is 0. The van der Waals surface area contributed by atoms with E-state index in [0.29, 0.717) is 12.1 Å². The Morgan fingerprint density at radius 2 is 2.00 bits per heavy atom. The number of aryl methyl sites for hydroxylation is 1. The maximum absolute atomic E-state index is 5.70. The molecule has 0 bridgehead atoms. The minimum absolute atomic E-state index is 0.0873. The predicted octanol–water partition coefficient (Wildman–Crippen LogP) is 4.22. The molecule has 2 fully saturated rings. The van der Waals surface area contributed by atoms with Gasteiger partial charge in [0.25, 0.3) is 0 Å². The SMILES string of the molecule is Cc1cc([C@@H]2[C@H](c3ccccn3)NC(=S)N2C(C)C)c(C)n1C1CC1. The quantitative estimate of drug-likeness (QED) is 0.834. The van der Waals surface area contributed by atoms with E-state index >= 15 is 0 Å². The summed E-state index contributed by atoms with van der Waals surface area (Å²) in [6, 6.07) is 9.76. The van der Waals surface area contributed by atoms with Crippen LogP contribution in [0.1, 0.15) is 67.5 Å². The third kappa shape index (κ3) is 2.74. The van der Waals surface area contributed by atoms with Gasteiger partial charge >= 0.3 is 0 Å². The second-order valence-corrected chi connectivity index (χ2v) is 7.94. The van der Waals surface area contributed by atoms with Gasteiger partial charge in [-0.2, -0.15) is 0 Å². The summed E-state index contributed by atoms with van der Waals surface area (Å²) >= 11 is 5.70. The van der Waals surface area contributed by atoms with Crippen LogP contribution in [0.25, 0.3) is 0 Å². The predicted molar refractivity (Wildman–Crippen MR) is 105 cm³/mol.